The quantitative estimate of drug-likeness (QED) is 0.607. The topological polar surface area (TPSA) is 61.4 Å². The van der Waals surface area contributed by atoms with Crippen LogP contribution in [0.4, 0.5) is 11.4 Å². The molecular weight excluding hydrogens is 390 g/mol. The van der Waals surface area contributed by atoms with Crippen LogP contribution < -0.4 is 15.5 Å². The van der Waals surface area contributed by atoms with Crippen molar-refractivity contribution in [1.29, 1.82) is 0 Å². The number of nitrogens with zero attached hydrogens (tertiary/aromatic N) is 1. The zero-order valence-corrected chi connectivity index (χ0v) is 16.8. The minimum atomic E-state index is -0.263. The first-order valence-electron chi connectivity index (χ1n) is 8.71. The maximum atomic E-state index is 12.9. The number of hydrogen-bond acceptors (Lipinski definition) is 4. The highest BCUT2D eigenvalue weighted by Crippen LogP contribution is 2.19. The molecule has 0 saturated heterocycles. The van der Waals surface area contributed by atoms with Crippen molar-refractivity contribution in [2.24, 2.45) is 0 Å². The lowest BCUT2D eigenvalue weighted by Gasteiger charge is -2.21. The Morgan fingerprint density at radius 3 is 2.50 bits per heavy atom. The number of amides is 2. The molecular formula is C21H19N3O2S2. The van der Waals surface area contributed by atoms with Gasteiger partial charge in [-0.15, -0.1) is 11.3 Å². The molecule has 0 radical (unpaired) electrons. The summed E-state index contributed by atoms with van der Waals surface area (Å²) in [6, 6.07) is 20.1. The van der Waals surface area contributed by atoms with Gasteiger partial charge in [0.2, 0.25) is 0 Å². The van der Waals surface area contributed by atoms with Crippen LogP contribution in [0.2, 0.25) is 0 Å². The predicted molar refractivity (Wildman–Crippen MR) is 118 cm³/mol. The summed E-state index contributed by atoms with van der Waals surface area (Å²) in [5, 5.41) is 7.60. The number of thiophene rings is 1. The monoisotopic (exact) mass is 409 g/mol. The van der Waals surface area contributed by atoms with Gasteiger partial charge in [0.25, 0.3) is 11.8 Å². The smallest absolute Gasteiger partial charge is 0.267 e. The minimum Gasteiger partial charge on any atom is -0.332 e. The lowest BCUT2D eigenvalue weighted by molar-refractivity contribution is 0.0976. The van der Waals surface area contributed by atoms with E-state index < -0.39 is 0 Å². The summed E-state index contributed by atoms with van der Waals surface area (Å²) < 4.78 is 0. The fourth-order valence-electron chi connectivity index (χ4n) is 2.67. The second kappa shape index (κ2) is 9.25. The highest BCUT2D eigenvalue weighted by molar-refractivity contribution is 7.80. The molecule has 0 spiro atoms. The van der Waals surface area contributed by atoms with Gasteiger partial charge in [0.15, 0.2) is 5.11 Å². The van der Waals surface area contributed by atoms with Gasteiger partial charge >= 0.3 is 0 Å². The molecule has 0 fully saturated rings. The lowest BCUT2D eigenvalue weighted by atomic mass is 10.1. The van der Waals surface area contributed by atoms with Gasteiger partial charge in [-0.1, -0.05) is 30.3 Å². The molecule has 0 atom stereocenters. The second-order valence-electron chi connectivity index (χ2n) is 5.85. The molecule has 0 aliphatic rings. The maximum absolute atomic E-state index is 12.9. The van der Waals surface area contributed by atoms with E-state index in [1.54, 1.807) is 41.3 Å². The van der Waals surface area contributed by atoms with Crippen LogP contribution >= 0.6 is 23.6 Å². The Balaban J connectivity index is 1.70. The van der Waals surface area contributed by atoms with Crippen LogP contribution in [0.3, 0.4) is 0 Å². The second-order valence-corrected chi connectivity index (χ2v) is 7.21. The van der Waals surface area contributed by atoms with Gasteiger partial charge in [0.05, 0.1) is 4.88 Å². The highest BCUT2D eigenvalue weighted by atomic mass is 32.1. The van der Waals surface area contributed by atoms with E-state index >= 15 is 0 Å². The Bertz CT molecular complexity index is 972. The normalized spacial score (nSPS) is 10.2. The molecule has 28 heavy (non-hydrogen) atoms. The molecule has 0 aliphatic carbocycles. The summed E-state index contributed by atoms with van der Waals surface area (Å²) in [6.45, 7) is 2.48. The average molecular weight is 410 g/mol. The van der Waals surface area contributed by atoms with Gasteiger partial charge < -0.3 is 10.2 Å². The highest BCUT2D eigenvalue weighted by Gasteiger charge is 2.16. The van der Waals surface area contributed by atoms with Gasteiger partial charge in [-0.25, -0.2) is 0 Å². The third-order valence-corrected chi connectivity index (χ3v) is 5.04. The van der Waals surface area contributed by atoms with E-state index in [4.69, 9.17) is 12.2 Å². The number of nitrogens with one attached hydrogen (secondary N) is 2. The summed E-state index contributed by atoms with van der Waals surface area (Å²) in [4.78, 5) is 27.3. The van der Waals surface area contributed by atoms with Crippen LogP contribution in [0.25, 0.3) is 0 Å². The lowest BCUT2D eigenvalue weighted by Crippen LogP contribution is -2.34. The van der Waals surface area contributed by atoms with E-state index in [0.29, 0.717) is 22.7 Å². The number of para-hydroxylation sites is 1. The molecule has 142 valence electrons. The Labute approximate surface area is 173 Å². The molecule has 0 aliphatic heterocycles. The van der Waals surface area contributed by atoms with E-state index in [0.717, 1.165) is 5.69 Å². The van der Waals surface area contributed by atoms with E-state index in [9.17, 15) is 9.59 Å². The molecule has 0 bridgehead atoms. The third kappa shape index (κ3) is 4.82. The van der Waals surface area contributed by atoms with E-state index in [1.807, 2.05) is 42.6 Å². The van der Waals surface area contributed by atoms with Gasteiger partial charge in [0, 0.05) is 23.5 Å². The van der Waals surface area contributed by atoms with E-state index in [-0.39, 0.29) is 16.9 Å². The molecule has 5 nitrogen and oxygen atoms in total. The van der Waals surface area contributed by atoms with Crippen molar-refractivity contribution in [3.8, 4) is 0 Å². The molecule has 1 heterocycles. The van der Waals surface area contributed by atoms with Crippen molar-refractivity contribution in [2.75, 3.05) is 16.8 Å². The van der Waals surface area contributed by atoms with Crippen LogP contribution in [0.15, 0.2) is 72.1 Å². The van der Waals surface area contributed by atoms with Gasteiger partial charge in [-0.2, -0.15) is 0 Å². The number of carbonyl (C=O) groups is 2. The van der Waals surface area contributed by atoms with Crippen LogP contribution in [-0.4, -0.2) is 23.5 Å². The van der Waals surface area contributed by atoms with Crippen LogP contribution in [0.5, 0.6) is 0 Å². The van der Waals surface area contributed by atoms with Crippen molar-refractivity contribution >= 4 is 51.9 Å². The molecule has 3 aromatic rings. The van der Waals surface area contributed by atoms with E-state index in [1.165, 1.54) is 11.3 Å². The van der Waals surface area contributed by atoms with Gasteiger partial charge in [0.1, 0.15) is 0 Å². The number of rotatable bonds is 5. The first-order chi connectivity index (χ1) is 13.6. The number of hydrogen-bond donors (Lipinski definition) is 2. The molecule has 2 N–H and O–H groups in total. The summed E-state index contributed by atoms with van der Waals surface area (Å²) >= 11 is 6.55. The van der Waals surface area contributed by atoms with Crippen molar-refractivity contribution in [3.05, 3.63) is 82.6 Å². The molecule has 2 aromatic carbocycles. The zero-order valence-electron chi connectivity index (χ0n) is 15.2. The van der Waals surface area contributed by atoms with Crippen LogP contribution in [0, 0.1) is 0 Å². The summed E-state index contributed by atoms with van der Waals surface area (Å²) in [6.07, 6.45) is 0. The van der Waals surface area contributed by atoms with Crippen LogP contribution in [0.1, 0.15) is 27.0 Å². The van der Waals surface area contributed by atoms with Crippen molar-refractivity contribution in [2.45, 2.75) is 6.92 Å². The Hall–Kier alpha value is -3.03. The summed E-state index contributed by atoms with van der Waals surface area (Å²) in [5.41, 5.74) is 2.00. The standard InChI is InChI=1S/C21H19N3O2S2/c1-2-24(17-10-4-3-5-11-17)20(26)15-8-6-9-16(14-15)22-21(27)23-19(25)18-12-7-13-28-18/h3-14H,2H2,1H3,(H2,22,23,25,27). The molecule has 3 rings (SSSR count). The maximum Gasteiger partial charge on any atom is 0.267 e. The summed E-state index contributed by atoms with van der Waals surface area (Å²) in [7, 11) is 0. The Morgan fingerprint density at radius 1 is 1.04 bits per heavy atom. The fourth-order valence-corrected chi connectivity index (χ4v) is 3.50. The zero-order chi connectivity index (χ0) is 19.9. The first-order valence-corrected chi connectivity index (χ1v) is 10.00. The molecule has 0 unspecified atom stereocenters. The number of anilines is 2. The predicted octanol–water partition coefficient (Wildman–Crippen LogP) is 4.54. The number of carbonyl (C=O) groups excluding carboxylic acids is 2. The van der Waals surface area contributed by atoms with Gasteiger partial charge in [-0.3, -0.25) is 14.9 Å². The van der Waals surface area contributed by atoms with Crippen LogP contribution in [-0.2, 0) is 0 Å². The number of benzene rings is 2. The minimum absolute atomic E-state index is 0.106. The van der Waals surface area contributed by atoms with E-state index in [2.05, 4.69) is 10.6 Å². The van der Waals surface area contributed by atoms with Crippen molar-refractivity contribution in [1.82, 2.24) is 5.32 Å². The Morgan fingerprint density at radius 2 is 1.82 bits per heavy atom. The molecule has 7 heteroatoms. The number of thiocarbonyl (C=S) groups is 1. The molecule has 0 saturated carbocycles. The van der Waals surface area contributed by atoms with Crippen molar-refractivity contribution in [3.63, 3.8) is 0 Å². The Kier molecular flexibility index (Phi) is 6.52. The fraction of sp³-hybridized carbons (Fsp3) is 0.0952. The SMILES string of the molecule is CCN(C(=O)c1cccc(NC(=S)NC(=O)c2cccs2)c1)c1ccccc1. The molecule has 1 aromatic heterocycles. The largest absolute Gasteiger partial charge is 0.332 e. The molecule has 2 amide bonds. The third-order valence-electron chi connectivity index (χ3n) is 3.97. The summed E-state index contributed by atoms with van der Waals surface area (Å²) in [5.74, 6) is -0.369. The van der Waals surface area contributed by atoms with Crippen molar-refractivity contribution < 1.29 is 9.59 Å². The first kappa shape index (κ1) is 19.7. The van der Waals surface area contributed by atoms with Gasteiger partial charge in [-0.05, 0) is 60.9 Å². The average Bonchev–Trinajstić information content (AvgIpc) is 3.24.